The van der Waals surface area contributed by atoms with Gasteiger partial charge in [-0.25, -0.2) is 0 Å². The van der Waals surface area contributed by atoms with Gasteiger partial charge in [0.1, 0.15) is 5.76 Å². The van der Waals surface area contributed by atoms with Crippen molar-refractivity contribution < 1.29 is 19.2 Å². The Morgan fingerprint density at radius 1 is 1.27 bits per heavy atom. The fraction of sp³-hybridized carbons (Fsp3) is 0.688. The SMILES string of the molecule is Cc1noc(C)c1CCC(=O)NCC1(C(=O)O)CCCCC1. The van der Waals surface area contributed by atoms with Crippen LogP contribution in [0.25, 0.3) is 0 Å². The number of hydrogen-bond donors (Lipinski definition) is 2. The molecule has 1 fully saturated rings. The average molecular weight is 308 g/mol. The second kappa shape index (κ2) is 6.94. The van der Waals surface area contributed by atoms with E-state index in [4.69, 9.17) is 4.52 Å². The normalized spacial score (nSPS) is 17.2. The summed E-state index contributed by atoms with van der Waals surface area (Å²) in [6.45, 7) is 3.91. The van der Waals surface area contributed by atoms with Crippen molar-refractivity contribution in [3.63, 3.8) is 0 Å². The van der Waals surface area contributed by atoms with Crippen LogP contribution in [0.3, 0.4) is 0 Å². The van der Waals surface area contributed by atoms with Gasteiger partial charge in [-0.3, -0.25) is 9.59 Å². The monoisotopic (exact) mass is 308 g/mol. The van der Waals surface area contributed by atoms with Gasteiger partial charge in [-0.05, 0) is 33.1 Å². The van der Waals surface area contributed by atoms with Gasteiger partial charge in [0.15, 0.2) is 0 Å². The molecule has 1 amide bonds. The van der Waals surface area contributed by atoms with Crippen molar-refractivity contribution in [2.24, 2.45) is 5.41 Å². The fourth-order valence-electron chi connectivity index (χ4n) is 3.15. The molecule has 0 aromatic carbocycles. The molecule has 6 nitrogen and oxygen atoms in total. The Morgan fingerprint density at radius 2 is 1.95 bits per heavy atom. The minimum atomic E-state index is -0.793. The van der Waals surface area contributed by atoms with Crippen LogP contribution >= 0.6 is 0 Å². The zero-order valence-corrected chi connectivity index (χ0v) is 13.3. The predicted molar refractivity (Wildman–Crippen MR) is 80.5 cm³/mol. The van der Waals surface area contributed by atoms with Gasteiger partial charge >= 0.3 is 5.97 Å². The molecule has 2 N–H and O–H groups in total. The molecule has 1 aliphatic rings. The molecular formula is C16H24N2O4. The number of carbonyl (C=O) groups excluding carboxylic acids is 1. The summed E-state index contributed by atoms with van der Waals surface area (Å²) in [7, 11) is 0. The maximum absolute atomic E-state index is 12.0. The van der Waals surface area contributed by atoms with Gasteiger partial charge in [-0.2, -0.15) is 0 Å². The smallest absolute Gasteiger partial charge is 0.311 e. The third kappa shape index (κ3) is 3.67. The topological polar surface area (TPSA) is 92.4 Å². The number of carbonyl (C=O) groups is 2. The highest BCUT2D eigenvalue weighted by atomic mass is 16.5. The van der Waals surface area contributed by atoms with Crippen molar-refractivity contribution in [2.45, 2.75) is 58.8 Å². The number of aliphatic carboxylic acids is 1. The molecule has 1 aromatic rings. The van der Waals surface area contributed by atoms with Crippen LogP contribution in [0.4, 0.5) is 0 Å². The van der Waals surface area contributed by atoms with E-state index in [0.29, 0.717) is 25.7 Å². The van der Waals surface area contributed by atoms with Crippen molar-refractivity contribution in [3.8, 4) is 0 Å². The Balaban J connectivity index is 1.85. The Morgan fingerprint density at radius 3 is 2.50 bits per heavy atom. The highest BCUT2D eigenvalue weighted by Crippen LogP contribution is 2.36. The van der Waals surface area contributed by atoms with Crippen LogP contribution in [0.1, 0.15) is 55.5 Å². The number of rotatable bonds is 6. The van der Waals surface area contributed by atoms with E-state index in [1.165, 1.54) is 0 Å². The van der Waals surface area contributed by atoms with Gasteiger partial charge in [0, 0.05) is 18.5 Å². The number of hydrogen-bond acceptors (Lipinski definition) is 4. The Labute approximate surface area is 130 Å². The van der Waals surface area contributed by atoms with Crippen molar-refractivity contribution in [1.29, 1.82) is 0 Å². The van der Waals surface area contributed by atoms with Gasteiger partial charge in [0.05, 0.1) is 11.1 Å². The number of carboxylic acids is 1. The molecule has 0 unspecified atom stereocenters. The fourth-order valence-corrected chi connectivity index (χ4v) is 3.15. The second-order valence-electron chi connectivity index (χ2n) is 6.23. The van der Waals surface area contributed by atoms with E-state index in [-0.39, 0.29) is 12.5 Å². The molecule has 1 aliphatic carbocycles. The van der Waals surface area contributed by atoms with Crippen molar-refractivity contribution in [2.75, 3.05) is 6.54 Å². The third-order valence-corrected chi connectivity index (χ3v) is 4.67. The van der Waals surface area contributed by atoms with Crippen molar-refractivity contribution >= 4 is 11.9 Å². The van der Waals surface area contributed by atoms with E-state index < -0.39 is 11.4 Å². The maximum atomic E-state index is 12.0. The van der Waals surface area contributed by atoms with Crippen LogP contribution in [0.5, 0.6) is 0 Å². The highest BCUT2D eigenvalue weighted by molar-refractivity contribution is 5.79. The van der Waals surface area contributed by atoms with Crippen molar-refractivity contribution in [1.82, 2.24) is 10.5 Å². The average Bonchev–Trinajstić information content (AvgIpc) is 2.82. The molecule has 0 radical (unpaired) electrons. The lowest BCUT2D eigenvalue weighted by molar-refractivity contribution is -0.151. The summed E-state index contributed by atoms with van der Waals surface area (Å²) in [5.74, 6) is -0.177. The molecule has 22 heavy (non-hydrogen) atoms. The Kier molecular flexibility index (Phi) is 5.21. The minimum absolute atomic E-state index is 0.119. The van der Waals surface area contributed by atoms with Crippen LogP contribution in [-0.4, -0.2) is 28.7 Å². The first-order chi connectivity index (χ1) is 10.4. The first-order valence-electron chi connectivity index (χ1n) is 7.86. The second-order valence-corrected chi connectivity index (χ2v) is 6.23. The summed E-state index contributed by atoms with van der Waals surface area (Å²) in [5, 5.41) is 16.2. The van der Waals surface area contributed by atoms with E-state index in [2.05, 4.69) is 10.5 Å². The molecular weight excluding hydrogens is 284 g/mol. The van der Waals surface area contributed by atoms with Gasteiger partial charge in [-0.15, -0.1) is 0 Å². The van der Waals surface area contributed by atoms with E-state index in [1.807, 2.05) is 13.8 Å². The molecule has 0 aliphatic heterocycles. The van der Waals surface area contributed by atoms with Crippen LogP contribution in [0, 0.1) is 19.3 Å². The van der Waals surface area contributed by atoms with Gasteiger partial charge in [0.25, 0.3) is 0 Å². The van der Waals surface area contributed by atoms with Gasteiger partial charge in [-0.1, -0.05) is 24.4 Å². The number of amides is 1. The number of nitrogens with one attached hydrogen (secondary N) is 1. The highest BCUT2D eigenvalue weighted by Gasteiger charge is 2.39. The zero-order valence-electron chi connectivity index (χ0n) is 13.3. The summed E-state index contributed by atoms with van der Waals surface area (Å²) < 4.78 is 5.07. The third-order valence-electron chi connectivity index (χ3n) is 4.67. The quantitative estimate of drug-likeness (QED) is 0.841. The molecule has 122 valence electrons. The van der Waals surface area contributed by atoms with Crippen LogP contribution in [0.2, 0.25) is 0 Å². The molecule has 0 atom stereocenters. The summed E-state index contributed by atoms with van der Waals surface area (Å²) in [6.07, 6.45) is 5.09. The zero-order chi connectivity index (χ0) is 16.2. The van der Waals surface area contributed by atoms with Gasteiger partial charge in [0.2, 0.25) is 5.91 Å². The van der Waals surface area contributed by atoms with Crippen LogP contribution in [-0.2, 0) is 16.0 Å². The summed E-state index contributed by atoms with van der Waals surface area (Å²) in [4.78, 5) is 23.6. The van der Waals surface area contributed by atoms with E-state index in [1.54, 1.807) is 0 Å². The minimum Gasteiger partial charge on any atom is -0.481 e. The summed E-state index contributed by atoms with van der Waals surface area (Å²) >= 11 is 0. The number of carboxylic acid groups (broad SMARTS) is 1. The van der Waals surface area contributed by atoms with Crippen LogP contribution < -0.4 is 5.32 Å². The lowest BCUT2D eigenvalue weighted by atomic mass is 9.74. The number of nitrogens with zero attached hydrogens (tertiary/aromatic N) is 1. The molecule has 1 saturated carbocycles. The largest absolute Gasteiger partial charge is 0.481 e. The first-order valence-corrected chi connectivity index (χ1v) is 7.86. The number of aryl methyl sites for hydroxylation is 2. The van der Waals surface area contributed by atoms with E-state index >= 15 is 0 Å². The molecule has 6 heteroatoms. The molecule has 0 saturated heterocycles. The Bertz CT molecular complexity index is 525. The van der Waals surface area contributed by atoms with Crippen molar-refractivity contribution in [3.05, 3.63) is 17.0 Å². The molecule has 1 aromatic heterocycles. The maximum Gasteiger partial charge on any atom is 0.311 e. The number of aromatic nitrogens is 1. The van der Waals surface area contributed by atoms with Crippen LogP contribution in [0.15, 0.2) is 4.52 Å². The van der Waals surface area contributed by atoms with Gasteiger partial charge < -0.3 is 14.9 Å². The lowest BCUT2D eigenvalue weighted by Gasteiger charge is -2.33. The first kappa shape index (κ1) is 16.5. The standard InChI is InChI=1S/C16H24N2O4/c1-11-13(12(2)22-18-11)6-7-14(19)17-10-16(15(20)21)8-4-3-5-9-16/h3-10H2,1-2H3,(H,17,19)(H,20,21). The summed E-state index contributed by atoms with van der Waals surface area (Å²) in [5.41, 5.74) is 0.983. The summed E-state index contributed by atoms with van der Waals surface area (Å²) in [6, 6.07) is 0. The molecule has 0 bridgehead atoms. The molecule has 1 heterocycles. The van der Waals surface area contributed by atoms with E-state index in [9.17, 15) is 14.7 Å². The van der Waals surface area contributed by atoms with E-state index in [0.717, 1.165) is 36.3 Å². The molecule has 0 spiro atoms. The lowest BCUT2D eigenvalue weighted by Crippen LogP contribution is -2.44. The predicted octanol–water partition coefficient (Wildman–Crippen LogP) is 2.38. The molecule has 2 rings (SSSR count). The Hall–Kier alpha value is -1.85.